The number of likely N-dealkylation sites (tertiary alicyclic amines) is 2. The van der Waals surface area contributed by atoms with E-state index in [0.29, 0.717) is 51.6 Å². The Morgan fingerprint density at radius 2 is 1.59 bits per heavy atom. The van der Waals surface area contributed by atoms with Crippen LogP contribution in [0.5, 0.6) is 0 Å². The van der Waals surface area contributed by atoms with Crippen LogP contribution in [0.15, 0.2) is 60.7 Å². The topological polar surface area (TPSA) is 133 Å². The number of hydrogen-bond acceptors (Lipinski definition) is 5. The fraction of sp³-hybridized carbons (Fsp3) is 0.438. The summed E-state index contributed by atoms with van der Waals surface area (Å²) in [5, 5.41) is 12.3. The van der Waals surface area contributed by atoms with Crippen LogP contribution in [0.2, 0.25) is 0 Å². The molecule has 0 saturated carbocycles. The second-order valence-corrected chi connectivity index (χ2v) is 11.3. The van der Waals surface area contributed by atoms with Gasteiger partial charge in [0, 0.05) is 19.1 Å². The number of nitrogens with two attached hydrogens (primary N) is 1. The van der Waals surface area contributed by atoms with Crippen LogP contribution >= 0.6 is 0 Å². The summed E-state index contributed by atoms with van der Waals surface area (Å²) in [5.41, 5.74) is 10.8. The second-order valence-electron chi connectivity index (χ2n) is 11.3. The summed E-state index contributed by atoms with van der Waals surface area (Å²) < 4.78 is 0. The van der Waals surface area contributed by atoms with Gasteiger partial charge >= 0.3 is 5.97 Å². The van der Waals surface area contributed by atoms with E-state index < -0.39 is 30.1 Å². The molecule has 41 heavy (non-hydrogen) atoms. The number of carboxylic acids is 1. The number of allylic oxidation sites excluding steroid dienone is 1. The van der Waals surface area contributed by atoms with Crippen LogP contribution in [-0.4, -0.2) is 75.9 Å². The summed E-state index contributed by atoms with van der Waals surface area (Å²) in [4.78, 5) is 55.3. The van der Waals surface area contributed by atoms with Crippen LogP contribution in [0, 0.1) is 0 Å². The van der Waals surface area contributed by atoms with Crippen molar-refractivity contribution in [2.75, 3.05) is 13.1 Å². The van der Waals surface area contributed by atoms with Gasteiger partial charge in [0.05, 0.1) is 12.5 Å². The summed E-state index contributed by atoms with van der Waals surface area (Å²) in [6.45, 7) is 0.883. The Bertz CT molecular complexity index is 1330. The minimum Gasteiger partial charge on any atom is -0.481 e. The van der Waals surface area contributed by atoms with Crippen molar-refractivity contribution < 1.29 is 24.3 Å². The van der Waals surface area contributed by atoms with Gasteiger partial charge in [0.15, 0.2) is 0 Å². The maximum Gasteiger partial charge on any atom is 0.305 e. The molecule has 2 saturated heterocycles. The van der Waals surface area contributed by atoms with Crippen molar-refractivity contribution in [3.63, 3.8) is 0 Å². The van der Waals surface area contributed by atoms with Crippen molar-refractivity contribution in [3.05, 3.63) is 77.4 Å². The molecule has 9 heteroatoms. The van der Waals surface area contributed by atoms with Crippen molar-refractivity contribution in [1.29, 1.82) is 0 Å². The zero-order chi connectivity index (χ0) is 28.9. The van der Waals surface area contributed by atoms with Crippen LogP contribution in [0.25, 0.3) is 5.57 Å². The largest absolute Gasteiger partial charge is 0.481 e. The van der Waals surface area contributed by atoms with E-state index in [-0.39, 0.29) is 24.1 Å². The number of amides is 3. The molecule has 0 unspecified atom stereocenters. The van der Waals surface area contributed by atoms with Crippen LogP contribution in [0.1, 0.15) is 55.2 Å². The smallest absolute Gasteiger partial charge is 0.305 e. The van der Waals surface area contributed by atoms with Gasteiger partial charge in [-0.3, -0.25) is 19.2 Å². The number of carbonyl (C=O) groups excluding carboxylic acids is 3. The van der Waals surface area contributed by atoms with E-state index in [9.17, 15) is 24.3 Å². The third-order valence-electron chi connectivity index (χ3n) is 8.44. The molecule has 2 aromatic carbocycles. The molecule has 0 bridgehead atoms. The normalized spacial score (nSPS) is 21.2. The van der Waals surface area contributed by atoms with Crippen molar-refractivity contribution in [3.8, 4) is 0 Å². The summed E-state index contributed by atoms with van der Waals surface area (Å²) in [6.07, 6.45) is 5.91. The molecule has 4 atom stereocenters. The molecule has 2 heterocycles. The molecule has 9 nitrogen and oxygen atoms in total. The maximum absolute atomic E-state index is 13.8. The molecule has 3 amide bonds. The quantitative estimate of drug-likeness (QED) is 0.411. The summed E-state index contributed by atoms with van der Waals surface area (Å²) in [6, 6.07) is 14.8. The first-order valence-corrected chi connectivity index (χ1v) is 14.5. The summed E-state index contributed by atoms with van der Waals surface area (Å²) in [5.74, 6) is -1.82. The van der Waals surface area contributed by atoms with Crippen molar-refractivity contribution in [1.82, 2.24) is 15.1 Å². The lowest BCUT2D eigenvalue weighted by molar-refractivity contribution is -0.147. The molecule has 2 aliphatic heterocycles. The van der Waals surface area contributed by atoms with Gasteiger partial charge < -0.3 is 26.0 Å². The molecular formula is C32H38N4O5. The highest BCUT2D eigenvalue weighted by molar-refractivity contribution is 5.94. The van der Waals surface area contributed by atoms with Crippen LogP contribution in [-0.2, 0) is 32.0 Å². The number of fused-ring (bicyclic) bond motifs is 1. The molecule has 2 fully saturated rings. The second kappa shape index (κ2) is 12.7. The predicted molar refractivity (Wildman–Crippen MR) is 155 cm³/mol. The Hall–Kier alpha value is -3.98. The average molecular weight is 559 g/mol. The van der Waals surface area contributed by atoms with Crippen LogP contribution in [0.3, 0.4) is 0 Å². The van der Waals surface area contributed by atoms with E-state index in [1.165, 1.54) is 5.56 Å². The minimum atomic E-state index is -1.00. The first kappa shape index (κ1) is 28.5. The SMILES string of the molecule is N[C@@H](CC1=CCc2ccccc21)C(=O)N1CCC[C@H]1C(=O)N1CCC[C@H]1C(=O)N[C@H](CC(=O)O)Cc1ccccc1. The minimum absolute atomic E-state index is 0.217. The highest BCUT2D eigenvalue weighted by Crippen LogP contribution is 2.31. The molecule has 2 aromatic rings. The van der Waals surface area contributed by atoms with Gasteiger partial charge in [-0.25, -0.2) is 0 Å². The monoisotopic (exact) mass is 558 g/mol. The molecule has 1 aliphatic carbocycles. The maximum atomic E-state index is 13.8. The van der Waals surface area contributed by atoms with Crippen LogP contribution < -0.4 is 11.1 Å². The van der Waals surface area contributed by atoms with E-state index >= 15 is 0 Å². The highest BCUT2D eigenvalue weighted by Gasteiger charge is 2.43. The first-order chi connectivity index (χ1) is 19.8. The lowest BCUT2D eigenvalue weighted by Gasteiger charge is -2.32. The van der Waals surface area contributed by atoms with E-state index in [1.54, 1.807) is 9.80 Å². The molecule has 3 aliphatic rings. The van der Waals surface area contributed by atoms with E-state index in [4.69, 9.17) is 5.73 Å². The number of carbonyl (C=O) groups is 4. The number of aliphatic carboxylic acids is 1. The van der Waals surface area contributed by atoms with E-state index in [2.05, 4.69) is 17.5 Å². The molecular weight excluding hydrogens is 520 g/mol. The number of nitrogens with one attached hydrogen (secondary N) is 1. The number of nitrogens with zero attached hydrogens (tertiary/aromatic N) is 2. The van der Waals surface area contributed by atoms with Gasteiger partial charge in [0.25, 0.3) is 0 Å². The Balaban J connectivity index is 1.22. The van der Waals surface area contributed by atoms with Gasteiger partial charge in [-0.2, -0.15) is 0 Å². The highest BCUT2D eigenvalue weighted by atomic mass is 16.4. The third-order valence-corrected chi connectivity index (χ3v) is 8.44. The summed E-state index contributed by atoms with van der Waals surface area (Å²) >= 11 is 0. The zero-order valence-corrected chi connectivity index (χ0v) is 23.2. The van der Waals surface area contributed by atoms with Gasteiger partial charge in [-0.05, 0) is 67.2 Å². The third kappa shape index (κ3) is 6.51. The molecule has 0 radical (unpaired) electrons. The number of rotatable bonds is 10. The Labute approximate surface area is 240 Å². The lowest BCUT2D eigenvalue weighted by atomic mass is 9.99. The number of benzene rings is 2. The average Bonchev–Trinajstić information content (AvgIpc) is 3.73. The van der Waals surface area contributed by atoms with Gasteiger partial charge in [0.1, 0.15) is 12.1 Å². The molecule has 216 valence electrons. The fourth-order valence-electron chi connectivity index (χ4n) is 6.45. The van der Waals surface area contributed by atoms with Crippen molar-refractivity contribution in [2.45, 2.75) is 75.5 Å². The van der Waals surface area contributed by atoms with Crippen molar-refractivity contribution in [2.24, 2.45) is 5.73 Å². The Morgan fingerprint density at radius 3 is 2.34 bits per heavy atom. The number of hydrogen-bond donors (Lipinski definition) is 3. The molecule has 0 aromatic heterocycles. The Kier molecular flexibility index (Phi) is 8.83. The Morgan fingerprint density at radius 1 is 0.902 bits per heavy atom. The first-order valence-electron chi connectivity index (χ1n) is 14.5. The van der Waals surface area contributed by atoms with Crippen molar-refractivity contribution >= 4 is 29.3 Å². The lowest BCUT2D eigenvalue weighted by Crippen LogP contribution is -2.56. The zero-order valence-electron chi connectivity index (χ0n) is 23.2. The standard InChI is InChI=1S/C32H38N4O5/c33-26(19-23-15-14-22-10-4-5-11-25(22)23)31(40)36-17-7-13-28(36)32(41)35-16-6-12-27(35)30(39)34-24(20-29(37)38)18-21-8-2-1-3-9-21/h1-5,8-11,15,24,26-28H,6-7,12-14,16-20,33H2,(H,34,39)(H,37,38)/t24-,26-,27-,28-/m0/s1. The van der Waals surface area contributed by atoms with Crippen LogP contribution in [0.4, 0.5) is 0 Å². The van der Waals surface area contributed by atoms with E-state index in [0.717, 1.165) is 23.1 Å². The molecule has 5 rings (SSSR count). The molecule has 4 N–H and O–H groups in total. The fourth-order valence-corrected chi connectivity index (χ4v) is 6.45. The van der Waals surface area contributed by atoms with E-state index in [1.807, 2.05) is 48.5 Å². The van der Waals surface area contributed by atoms with Gasteiger partial charge in [-0.15, -0.1) is 0 Å². The van der Waals surface area contributed by atoms with Gasteiger partial charge in [-0.1, -0.05) is 60.7 Å². The molecule has 0 spiro atoms. The summed E-state index contributed by atoms with van der Waals surface area (Å²) in [7, 11) is 0. The predicted octanol–water partition coefficient (Wildman–Crippen LogP) is 2.53. The number of carboxylic acid groups (broad SMARTS) is 1. The van der Waals surface area contributed by atoms with Gasteiger partial charge in [0.2, 0.25) is 17.7 Å².